The third-order valence-corrected chi connectivity index (χ3v) is 4.62. The van der Waals surface area contributed by atoms with Crippen LogP contribution < -0.4 is 4.74 Å². The predicted molar refractivity (Wildman–Crippen MR) is 121 cm³/mol. The Kier molecular flexibility index (Phi) is 8.20. The number of ether oxygens (including phenoxy) is 3. The molecule has 0 aliphatic heterocycles. The summed E-state index contributed by atoms with van der Waals surface area (Å²) in [5, 5.41) is 4.70. The van der Waals surface area contributed by atoms with Crippen LogP contribution in [0.1, 0.15) is 25.3 Å². The molecule has 166 valence electrons. The maximum Gasteiger partial charge on any atom is 0.344 e. The van der Waals surface area contributed by atoms with Crippen LogP contribution in [0.5, 0.6) is 5.75 Å². The highest BCUT2D eigenvalue weighted by Crippen LogP contribution is 2.26. The number of carbonyl (C=O) groups excluding carboxylic acids is 2. The lowest BCUT2D eigenvalue weighted by Crippen LogP contribution is -2.15. The Hall–Kier alpha value is -3.87. The lowest BCUT2D eigenvalue weighted by molar-refractivity contribution is -0.156. The molecule has 0 spiro atoms. The molecule has 0 bridgehead atoms. The largest absolute Gasteiger partial charge is 0.497 e. The molecule has 0 aliphatic rings. The number of nitrogens with zero attached hydrogens (tertiary/aromatic N) is 2. The van der Waals surface area contributed by atoms with Crippen molar-refractivity contribution in [1.82, 2.24) is 9.78 Å². The summed E-state index contributed by atoms with van der Waals surface area (Å²) in [5.74, 6) is -0.454. The number of para-hydroxylation sites is 1. The first-order valence-electron chi connectivity index (χ1n) is 10.4. The van der Waals surface area contributed by atoms with Crippen LogP contribution in [0.4, 0.5) is 0 Å². The Labute approximate surface area is 187 Å². The quantitative estimate of drug-likeness (QED) is 0.267. The molecule has 3 rings (SSSR count). The molecule has 7 heteroatoms. The lowest BCUT2D eigenvalue weighted by atomic mass is 10.1. The normalized spacial score (nSPS) is 10.8. The number of unbranched alkanes of at least 4 members (excludes halogenated alkanes) is 1. The van der Waals surface area contributed by atoms with Crippen molar-refractivity contribution in [3.05, 3.63) is 72.4 Å². The molecule has 0 aliphatic carbocycles. The molecule has 3 aromatic rings. The molecular weight excluding hydrogens is 408 g/mol. The number of methoxy groups -OCH3 is 1. The van der Waals surface area contributed by atoms with Crippen LogP contribution in [0.15, 0.2) is 66.9 Å². The van der Waals surface area contributed by atoms with Crippen LogP contribution in [0.2, 0.25) is 0 Å². The van der Waals surface area contributed by atoms with Gasteiger partial charge >= 0.3 is 11.9 Å². The molecular formula is C25H26N2O5. The molecule has 0 N–H and O–H groups in total. The highest BCUT2D eigenvalue weighted by molar-refractivity contribution is 5.90. The summed E-state index contributed by atoms with van der Waals surface area (Å²) in [5.41, 5.74) is 3.17. The van der Waals surface area contributed by atoms with Gasteiger partial charge in [-0.1, -0.05) is 31.5 Å². The van der Waals surface area contributed by atoms with Crippen molar-refractivity contribution in [2.75, 3.05) is 20.3 Å². The van der Waals surface area contributed by atoms with Crippen molar-refractivity contribution < 1.29 is 23.8 Å². The fraction of sp³-hybridized carbons (Fsp3) is 0.240. The van der Waals surface area contributed by atoms with Crippen LogP contribution in [-0.4, -0.2) is 42.0 Å². The van der Waals surface area contributed by atoms with Crippen LogP contribution >= 0.6 is 0 Å². The van der Waals surface area contributed by atoms with E-state index in [0.29, 0.717) is 12.3 Å². The first kappa shape index (κ1) is 22.8. The van der Waals surface area contributed by atoms with Crippen molar-refractivity contribution in [2.45, 2.75) is 19.8 Å². The van der Waals surface area contributed by atoms with Gasteiger partial charge in [-0.2, -0.15) is 5.10 Å². The Morgan fingerprint density at radius 1 is 1.03 bits per heavy atom. The van der Waals surface area contributed by atoms with E-state index in [1.807, 2.05) is 67.7 Å². The van der Waals surface area contributed by atoms with E-state index in [0.717, 1.165) is 35.4 Å². The number of rotatable bonds is 10. The van der Waals surface area contributed by atoms with Gasteiger partial charge in [-0.25, -0.2) is 14.3 Å². The molecule has 1 heterocycles. The molecule has 1 aromatic heterocycles. The van der Waals surface area contributed by atoms with Crippen molar-refractivity contribution in [1.29, 1.82) is 0 Å². The summed E-state index contributed by atoms with van der Waals surface area (Å²) in [6.07, 6.45) is 6.43. The average Bonchev–Trinajstić information content (AvgIpc) is 3.26. The van der Waals surface area contributed by atoms with Crippen LogP contribution in [0.3, 0.4) is 0 Å². The topological polar surface area (TPSA) is 79.7 Å². The summed E-state index contributed by atoms with van der Waals surface area (Å²) < 4.78 is 16.9. The third-order valence-electron chi connectivity index (χ3n) is 4.62. The Morgan fingerprint density at radius 3 is 2.47 bits per heavy atom. The second kappa shape index (κ2) is 11.5. The van der Waals surface area contributed by atoms with E-state index in [4.69, 9.17) is 19.3 Å². The Bertz CT molecular complexity index is 1060. The van der Waals surface area contributed by atoms with Gasteiger partial charge in [0.05, 0.1) is 25.1 Å². The van der Waals surface area contributed by atoms with E-state index in [-0.39, 0.29) is 0 Å². The standard InChI is InChI=1S/C25H26N2O5/c1-3-4-16-31-24(29)18-32-23(28)15-12-20-17-27(21-8-6-5-7-9-21)26-25(20)19-10-13-22(30-2)14-11-19/h5-15,17H,3-4,16,18H2,1-2H3/b15-12+. The number of aromatic nitrogens is 2. The van der Waals surface area contributed by atoms with Gasteiger partial charge in [-0.3, -0.25) is 0 Å². The highest BCUT2D eigenvalue weighted by Gasteiger charge is 2.12. The summed E-state index contributed by atoms with van der Waals surface area (Å²) >= 11 is 0. The minimum Gasteiger partial charge on any atom is -0.497 e. The summed E-state index contributed by atoms with van der Waals surface area (Å²) in [7, 11) is 1.61. The van der Waals surface area contributed by atoms with Crippen molar-refractivity contribution in [3.8, 4) is 22.7 Å². The first-order chi connectivity index (χ1) is 15.6. The number of hydrogen-bond acceptors (Lipinski definition) is 6. The maximum absolute atomic E-state index is 12.1. The second-order valence-corrected chi connectivity index (χ2v) is 6.96. The van der Waals surface area contributed by atoms with Gasteiger partial charge in [0.25, 0.3) is 0 Å². The van der Waals surface area contributed by atoms with Crippen LogP contribution in [0, 0.1) is 0 Å². The van der Waals surface area contributed by atoms with Crippen LogP contribution in [-0.2, 0) is 19.1 Å². The lowest BCUT2D eigenvalue weighted by Gasteiger charge is -2.04. The summed E-state index contributed by atoms with van der Waals surface area (Å²) in [4.78, 5) is 23.7. The van der Waals surface area contributed by atoms with Gasteiger partial charge in [0.2, 0.25) is 0 Å². The smallest absolute Gasteiger partial charge is 0.344 e. The fourth-order valence-corrected chi connectivity index (χ4v) is 2.90. The fourth-order valence-electron chi connectivity index (χ4n) is 2.90. The molecule has 0 radical (unpaired) electrons. The zero-order valence-electron chi connectivity index (χ0n) is 18.2. The first-order valence-corrected chi connectivity index (χ1v) is 10.4. The average molecular weight is 434 g/mol. The number of esters is 2. The van der Waals surface area contributed by atoms with Crippen LogP contribution in [0.25, 0.3) is 23.0 Å². The van der Waals surface area contributed by atoms with E-state index in [2.05, 4.69) is 0 Å². The number of carbonyl (C=O) groups is 2. The Morgan fingerprint density at radius 2 is 1.78 bits per heavy atom. The molecule has 0 saturated heterocycles. The second-order valence-electron chi connectivity index (χ2n) is 6.96. The number of hydrogen-bond donors (Lipinski definition) is 0. The van der Waals surface area contributed by atoms with Crippen molar-refractivity contribution in [2.24, 2.45) is 0 Å². The van der Waals surface area contributed by atoms with E-state index in [1.54, 1.807) is 17.9 Å². The SMILES string of the molecule is CCCCOC(=O)COC(=O)/C=C/c1cn(-c2ccccc2)nc1-c1ccc(OC)cc1. The van der Waals surface area contributed by atoms with Crippen molar-refractivity contribution >= 4 is 18.0 Å². The molecule has 0 saturated carbocycles. The molecule has 0 atom stereocenters. The van der Waals surface area contributed by atoms with Crippen molar-refractivity contribution in [3.63, 3.8) is 0 Å². The molecule has 7 nitrogen and oxygen atoms in total. The molecule has 0 fully saturated rings. The van der Waals surface area contributed by atoms with Gasteiger partial charge in [0, 0.05) is 23.4 Å². The van der Waals surface area contributed by atoms with Gasteiger partial charge in [0.1, 0.15) is 5.75 Å². The van der Waals surface area contributed by atoms with Gasteiger partial charge in [-0.15, -0.1) is 0 Å². The van der Waals surface area contributed by atoms with E-state index in [1.165, 1.54) is 6.08 Å². The zero-order valence-corrected chi connectivity index (χ0v) is 18.2. The molecule has 2 aromatic carbocycles. The van der Waals surface area contributed by atoms with E-state index in [9.17, 15) is 9.59 Å². The van der Waals surface area contributed by atoms with Gasteiger partial charge < -0.3 is 14.2 Å². The monoisotopic (exact) mass is 434 g/mol. The highest BCUT2D eigenvalue weighted by atomic mass is 16.6. The Balaban J connectivity index is 1.77. The molecule has 0 unspecified atom stereocenters. The minimum absolute atomic E-state index is 0.326. The number of benzene rings is 2. The van der Waals surface area contributed by atoms with E-state index >= 15 is 0 Å². The van der Waals surface area contributed by atoms with Gasteiger partial charge in [0.15, 0.2) is 6.61 Å². The predicted octanol–water partition coefficient (Wildman–Crippen LogP) is 4.45. The molecule has 0 amide bonds. The van der Waals surface area contributed by atoms with E-state index < -0.39 is 18.5 Å². The molecule has 32 heavy (non-hydrogen) atoms. The summed E-state index contributed by atoms with van der Waals surface area (Å²) in [6, 6.07) is 17.2. The zero-order chi connectivity index (χ0) is 22.8. The third kappa shape index (κ3) is 6.31. The summed E-state index contributed by atoms with van der Waals surface area (Å²) in [6.45, 7) is 1.91. The van der Waals surface area contributed by atoms with Gasteiger partial charge in [-0.05, 0) is 48.9 Å². The maximum atomic E-state index is 12.1. The minimum atomic E-state index is -0.634.